The van der Waals surface area contributed by atoms with Crippen LogP contribution in [0.4, 0.5) is 0 Å². The fourth-order valence-corrected chi connectivity index (χ4v) is 3.47. The van der Waals surface area contributed by atoms with E-state index in [1.54, 1.807) is 0 Å². The maximum absolute atomic E-state index is 12.5. The Morgan fingerprint density at radius 2 is 1.89 bits per heavy atom. The van der Waals surface area contributed by atoms with Gasteiger partial charge in [0.2, 0.25) is 0 Å². The summed E-state index contributed by atoms with van der Waals surface area (Å²) >= 11 is 7.40. The van der Waals surface area contributed by atoms with Gasteiger partial charge in [-0.25, -0.2) is 0 Å². The first kappa shape index (κ1) is 11.9. The molecule has 0 atom stereocenters. The standard InChI is InChI=1S/C15H13ClOS/c16-14-7-6-12(18-14)10-13(17)15(8-9-15)11-4-2-1-3-5-11/h1-7H,8-10H2. The minimum absolute atomic E-state index is 0.211. The number of rotatable bonds is 4. The minimum atomic E-state index is -0.211. The zero-order valence-corrected chi connectivity index (χ0v) is 11.4. The van der Waals surface area contributed by atoms with Crippen LogP contribution in [0.25, 0.3) is 0 Å². The molecule has 3 rings (SSSR count). The number of halogens is 1. The molecule has 1 aliphatic carbocycles. The Labute approximate surface area is 115 Å². The first-order valence-corrected chi connectivity index (χ1v) is 7.23. The molecule has 0 saturated heterocycles. The van der Waals surface area contributed by atoms with E-state index in [1.165, 1.54) is 11.3 Å². The zero-order valence-electron chi connectivity index (χ0n) is 9.86. The predicted molar refractivity (Wildman–Crippen MR) is 75.4 cm³/mol. The molecule has 18 heavy (non-hydrogen) atoms. The Kier molecular flexibility index (Phi) is 3.00. The third-order valence-electron chi connectivity index (χ3n) is 3.57. The van der Waals surface area contributed by atoms with Crippen molar-refractivity contribution in [3.05, 3.63) is 57.2 Å². The van der Waals surface area contributed by atoms with E-state index in [2.05, 4.69) is 12.1 Å². The molecule has 0 aliphatic heterocycles. The van der Waals surface area contributed by atoms with Gasteiger partial charge in [0, 0.05) is 11.3 Å². The number of benzene rings is 1. The Hall–Kier alpha value is -1.12. The van der Waals surface area contributed by atoms with Gasteiger partial charge < -0.3 is 0 Å². The summed E-state index contributed by atoms with van der Waals surface area (Å²) in [5.74, 6) is 0.326. The van der Waals surface area contributed by atoms with Crippen molar-refractivity contribution in [2.24, 2.45) is 0 Å². The summed E-state index contributed by atoms with van der Waals surface area (Å²) in [4.78, 5) is 13.5. The van der Waals surface area contributed by atoms with Gasteiger partial charge in [0.1, 0.15) is 5.78 Å². The lowest BCUT2D eigenvalue weighted by atomic mass is 9.89. The predicted octanol–water partition coefficient (Wildman–Crippen LogP) is 4.24. The van der Waals surface area contributed by atoms with Crippen molar-refractivity contribution in [2.75, 3.05) is 0 Å². The molecule has 1 heterocycles. The lowest BCUT2D eigenvalue weighted by Gasteiger charge is -2.13. The van der Waals surface area contributed by atoms with Gasteiger partial charge in [-0.05, 0) is 30.5 Å². The van der Waals surface area contributed by atoms with Crippen molar-refractivity contribution in [2.45, 2.75) is 24.7 Å². The van der Waals surface area contributed by atoms with Crippen LogP contribution in [0.15, 0.2) is 42.5 Å². The van der Waals surface area contributed by atoms with Gasteiger partial charge in [0.15, 0.2) is 0 Å². The van der Waals surface area contributed by atoms with Crippen LogP contribution >= 0.6 is 22.9 Å². The molecule has 2 aromatic rings. The molecule has 1 nitrogen and oxygen atoms in total. The van der Waals surface area contributed by atoms with E-state index >= 15 is 0 Å². The van der Waals surface area contributed by atoms with Crippen LogP contribution in [0.2, 0.25) is 4.34 Å². The fourth-order valence-electron chi connectivity index (χ4n) is 2.38. The molecular weight excluding hydrogens is 264 g/mol. The second-order valence-corrected chi connectivity index (χ2v) is 6.55. The third kappa shape index (κ3) is 2.11. The summed E-state index contributed by atoms with van der Waals surface area (Å²) in [5, 5.41) is 0. The van der Waals surface area contributed by atoms with Crippen molar-refractivity contribution in [3.63, 3.8) is 0 Å². The highest BCUT2D eigenvalue weighted by Crippen LogP contribution is 2.49. The Balaban J connectivity index is 1.81. The topological polar surface area (TPSA) is 17.1 Å². The van der Waals surface area contributed by atoms with Crippen LogP contribution < -0.4 is 0 Å². The van der Waals surface area contributed by atoms with Crippen LogP contribution in [-0.4, -0.2) is 5.78 Å². The number of hydrogen-bond acceptors (Lipinski definition) is 2. The van der Waals surface area contributed by atoms with Gasteiger partial charge >= 0.3 is 0 Å². The average molecular weight is 277 g/mol. The molecule has 0 amide bonds. The number of ketones is 1. The summed E-state index contributed by atoms with van der Waals surface area (Å²) in [6.45, 7) is 0. The molecule has 0 unspecified atom stereocenters. The number of carbonyl (C=O) groups is 1. The van der Waals surface area contributed by atoms with Crippen LogP contribution in [-0.2, 0) is 16.6 Å². The van der Waals surface area contributed by atoms with E-state index in [9.17, 15) is 4.79 Å². The van der Waals surface area contributed by atoms with Gasteiger partial charge in [0.25, 0.3) is 0 Å². The molecule has 1 fully saturated rings. The van der Waals surface area contributed by atoms with Crippen molar-refractivity contribution < 1.29 is 4.79 Å². The third-order valence-corrected chi connectivity index (χ3v) is 4.80. The largest absolute Gasteiger partial charge is 0.298 e. The highest BCUT2D eigenvalue weighted by Gasteiger charge is 2.50. The van der Waals surface area contributed by atoms with Gasteiger partial charge in [-0.1, -0.05) is 41.9 Å². The maximum atomic E-state index is 12.5. The molecule has 3 heteroatoms. The number of Topliss-reactive ketones (excluding diaryl/α,β-unsaturated/α-hetero) is 1. The summed E-state index contributed by atoms with van der Waals surface area (Å²) in [6.07, 6.45) is 2.47. The minimum Gasteiger partial charge on any atom is -0.298 e. The number of carbonyl (C=O) groups excluding carboxylic acids is 1. The van der Waals surface area contributed by atoms with Crippen molar-refractivity contribution in [3.8, 4) is 0 Å². The quantitative estimate of drug-likeness (QED) is 0.816. The summed E-state index contributed by atoms with van der Waals surface area (Å²) in [6, 6.07) is 13.9. The molecule has 0 spiro atoms. The van der Waals surface area contributed by atoms with Gasteiger partial charge in [-0.2, -0.15) is 0 Å². The summed E-state index contributed by atoms with van der Waals surface area (Å²) < 4.78 is 0.752. The smallest absolute Gasteiger partial charge is 0.148 e. The SMILES string of the molecule is O=C(Cc1ccc(Cl)s1)C1(c2ccccc2)CC1. The molecular formula is C15H13ClOS. The van der Waals surface area contributed by atoms with Gasteiger partial charge in [-0.15, -0.1) is 11.3 Å². The molecule has 0 bridgehead atoms. The molecule has 92 valence electrons. The van der Waals surface area contributed by atoms with Crippen molar-refractivity contribution >= 4 is 28.7 Å². The van der Waals surface area contributed by atoms with Gasteiger partial charge in [-0.3, -0.25) is 4.79 Å². The Morgan fingerprint density at radius 1 is 1.17 bits per heavy atom. The van der Waals surface area contributed by atoms with Crippen LogP contribution in [0, 0.1) is 0 Å². The molecule has 1 aromatic carbocycles. The Morgan fingerprint density at radius 3 is 2.44 bits per heavy atom. The summed E-state index contributed by atoms with van der Waals surface area (Å²) in [7, 11) is 0. The fraction of sp³-hybridized carbons (Fsp3) is 0.267. The van der Waals surface area contributed by atoms with E-state index in [1.807, 2.05) is 30.3 Å². The summed E-state index contributed by atoms with van der Waals surface area (Å²) in [5.41, 5.74) is 0.954. The normalized spacial score (nSPS) is 16.5. The van der Waals surface area contributed by atoms with E-state index in [4.69, 9.17) is 11.6 Å². The first-order chi connectivity index (χ1) is 8.71. The monoisotopic (exact) mass is 276 g/mol. The molecule has 1 aliphatic rings. The zero-order chi connectivity index (χ0) is 12.6. The lowest BCUT2D eigenvalue weighted by Crippen LogP contribution is -2.22. The van der Waals surface area contributed by atoms with E-state index in [0.717, 1.165) is 27.6 Å². The lowest BCUT2D eigenvalue weighted by molar-refractivity contribution is -0.120. The number of hydrogen-bond donors (Lipinski definition) is 0. The van der Waals surface area contributed by atoms with Crippen LogP contribution in [0.3, 0.4) is 0 Å². The second kappa shape index (κ2) is 4.52. The number of thiophene rings is 1. The van der Waals surface area contributed by atoms with Crippen molar-refractivity contribution in [1.29, 1.82) is 0 Å². The molecule has 0 N–H and O–H groups in total. The first-order valence-electron chi connectivity index (χ1n) is 6.04. The second-order valence-electron chi connectivity index (χ2n) is 4.75. The maximum Gasteiger partial charge on any atom is 0.148 e. The van der Waals surface area contributed by atoms with Crippen LogP contribution in [0.1, 0.15) is 23.3 Å². The van der Waals surface area contributed by atoms with E-state index < -0.39 is 0 Å². The Bertz CT molecular complexity index is 569. The van der Waals surface area contributed by atoms with Gasteiger partial charge in [0.05, 0.1) is 9.75 Å². The molecule has 1 aromatic heterocycles. The average Bonchev–Trinajstić information content (AvgIpc) is 3.10. The molecule has 0 radical (unpaired) electrons. The molecule has 1 saturated carbocycles. The van der Waals surface area contributed by atoms with Crippen molar-refractivity contribution in [1.82, 2.24) is 0 Å². The highest BCUT2D eigenvalue weighted by molar-refractivity contribution is 7.16. The van der Waals surface area contributed by atoms with Crippen LogP contribution in [0.5, 0.6) is 0 Å². The van der Waals surface area contributed by atoms with E-state index in [-0.39, 0.29) is 5.41 Å². The van der Waals surface area contributed by atoms with E-state index in [0.29, 0.717) is 12.2 Å². The highest BCUT2D eigenvalue weighted by atomic mass is 35.5.